The molecule has 0 radical (unpaired) electrons. The molecule has 0 aliphatic carbocycles. The fraction of sp³-hybridized carbons (Fsp3) is 0.556. The van der Waals surface area contributed by atoms with Gasteiger partial charge < -0.3 is 19.1 Å². The highest BCUT2D eigenvalue weighted by atomic mass is 16.6. The first-order valence-electron chi connectivity index (χ1n) is 12.3. The molecule has 1 aliphatic rings. The zero-order valence-corrected chi connectivity index (χ0v) is 22.0. The summed E-state index contributed by atoms with van der Waals surface area (Å²) in [6, 6.07) is 9.25. The van der Waals surface area contributed by atoms with Gasteiger partial charge in [-0.3, -0.25) is 14.5 Å². The SMILES string of the molecule is C=CCN(CCC(=O)N1C(=O)C(CC)(CC)C1OCC(=O)OC(C)(C)C)C(=O)OCc1ccccc1. The van der Waals surface area contributed by atoms with E-state index >= 15 is 0 Å². The molecule has 1 heterocycles. The molecule has 9 heteroatoms. The summed E-state index contributed by atoms with van der Waals surface area (Å²) >= 11 is 0. The first-order chi connectivity index (χ1) is 17.0. The second-order valence-electron chi connectivity index (χ2n) is 9.71. The van der Waals surface area contributed by atoms with E-state index in [4.69, 9.17) is 14.2 Å². The lowest BCUT2D eigenvalue weighted by molar-refractivity contribution is -0.226. The molecule has 0 N–H and O–H groups in total. The summed E-state index contributed by atoms with van der Waals surface area (Å²) < 4.78 is 16.4. The molecule has 1 aliphatic heterocycles. The van der Waals surface area contributed by atoms with Crippen molar-refractivity contribution < 1.29 is 33.4 Å². The third-order valence-electron chi connectivity index (χ3n) is 6.07. The van der Waals surface area contributed by atoms with Crippen molar-refractivity contribution in [2.45, 2.75) is 72.3 Å². The van der Waals surface area contributed by atoms with Crippen molar-refractivity contribution in [3.63, 3.8) is 0 Å². The zero-order valence-electron chi connectivity index (χ0n) is 22.0. The van der Waals surface area contributed by atoms with Crippen LogP contribution in [0.3, 0.4) is 0 Å². The second kappa shape index (κ2) is 12.7. The molecule has 1 unspecified atom stereocenters. The molecule has 0 bridgehead atoms. The van der Waals surface area contributed by atoms with E-state index in [1.165, 1.54) is 11.0 Å². The fourth-order valence-electron chi connectivity index (χ4n) is 4.11. The lowest BCUT2D eigenvalue weighted by atomic mass is 9.71. The summed E-state index contributed by atoms with van der Waals surface area (Å²) in [5.41, 5.74) is -0.721. The van der Waals surface area contributed by atoms with Gasteiger partial charge in [-0.25, -0.2) is 9.59 Å². The number of carbonyl (C=O) groups excluding carboxylic acids is 4. The van der Waals surface area contributed by atoms with Crippen LogP contribution in [0.4, 0.5) is 4.79 Å². The van der Waals surface area contributed by atoms with Gasteiger partial charge in [-0.05, 0) is 39.2 Å². The van der Waals surface area contributed by atoms with E-state index in [0.717, 1.165) is 10.5 Å². The number of β-lactam (4-membered cyclic amide) rings is 1. The van der Waals surface area contributed by atoms with Crippen LogP contribution in [-0.2, 0) is 35.2 Å². The van der Waals surface area contributed by atoms with Gasteiger partial charge in [0.2, 0.25) is 11.8 Å². The Morgan fingerprint density at radius 2 is 1.78 bits per heavy atom. The monoisotopic (exact) mass is 502 g/mol. The minimum Gasteiger partial charge on any atom is -0.458 e. The predicted molar refractivity (Wildman–Crippen MR) is 133 cm³/mol. The molecular weight excluding hydrogens is 464 g/mol. The summed E-state index contributed by atoms with van der Waals surface area (Å²) in [5, 5.41) is 0. The van der Waals surface area contributed by atoms with Crippen molar-refractivity contribution in [1.82, 2.24) is 9.80 Å². The molecule has 0 aromatic heterocycles. The van der Waals surface area contributed by atoms with Gasteiger partial charge in [-0.15, -0.1) is 6.58 Å². The minimum absolute atomic E-state index is 0.0340. The van der Waals surface area contributed by atoms with Crippen molar-refractivity contribution in [2.24, 2.45) is 5.41 Å². The summed E-state index contributed by atoms with van der Waals surface area (Å²) in [6.45, 7) is 12.5. The average molecular weight is 503 g/mol. The van der Waals surface area contributed by atoms with Gasteiger partial charge in [0.1, 0.15) is 18.8 Å². The van der Waals surface area contributed by atoms with Gasteiger partial charge in [0.25, 0.3) is 0 Å². The van der Waals surface area contributed by atoms with Crippen molar-refractivity contribution in [2.75, 3.05) is 19.7 Å². The first-order valence-corrected chi connectivity index (χ1v) is 12.3. The molecule has 1 saturated heterocycles. The summed E-state index contributed by atoms with van der Waals surface area (Å²) in [7, 11) is 0. The fourth-order valence-corrected chi connectivity index (χ4v) is 4.11. The number of hydrogen-bond acceptors (Lipinski definition) is 7. The zero-order chi connectivity index (χ0) is 26.9. The molecule has 1 aromatic rings. The Bertz CT molecular complexity index is 935. The molecule has 1 aromatic carbocycles. The third kappa shape index (κ3) is 7.16. The number of nitrogens with zero attached hydrogens (tertiary/aromatic N) is 2. The quantitative estimate of drug-likeness (QED) is 0.241. The van der Waals surface area contributed by atoms with Gasteiger partial charge in [-0.1, -0.05) is 50.3 Å². The summed E-state index contributed by atoms with van der Waals surface area (Å²) in [4.78, 5) is 53.2. The second-order valence-corrected chi connectivity index (χ2v) is 9.71. The third-order valence-corrected chi connectivity index (χ3v) is 6.07. The lowest BCUT2D eigenvalue weighted by Crippen LogP contribution is -2.71. The molecular formula is C27H38N2O7. The number of likely N-dealkylation sites (tertiary alicyclic amines) is 1. The van der Waals surface area contributed by atoms with Crippen LogP contribution in [0.1, 0.15) is 59.4 Å². The van der Waals surface area contributed by atoms with E-state index in [1.54, 1.807) is 20.8 Å². The van der Waals surface area contributed by atoms with E-state index in [1.807, 2.05) is 44.2 Å². The van der Waals surface area contributed by atoms with Crippen LogP contribution < -0.4 is 0 Å². The number of carbonyl (C=O) groups is 4. The Hall–Kier alpha value is -3.20. The Labute approximate surface area is 213 Å². The van der Waals surface area contributed by atoms with Gasteiger partial charge >= 0.3 is 12.1 Å². The van der Waals surface area contributed by atoms with Crippen LogP contribution in [0.5, 0.6) is 0 Å². The van der Waals surface area contributed by atoms with E-state index in [2.05, 4.69) is 6.58 Å². The van der Waals surface area contributed by atoms with E-state index in [9.17, 15) is 19.2 Å². The molecule has 36 heavy (non-hydrogen) atoms. The maximum Gasteiger partial charge on any atom is 0.410 e. The normalized spacial score (nSPS) is 16.6. The van der Waals surface area contributed by atoms with Gasteiger partial charge in [0, 0.05) is 19.5 Å². The molecule has 1 atom stereocenters. The molecule has 0 spiro atoms. The number of esters is 1. The number of amides is 3. The van der Waals surface area contributed by atoms with Crippen LogP contribution in [0.15, 0.2) is 43.0 Å². The number of ether oxygens (including phenoxy) is 3. The Morgan fingerprint density at radius 1 is 1.14 bits per heavy atom. The van der Waals surface area contributed by atoms with Crippen LogP contribution >= 0.6 is 0 Å². The van der Waals surface area contributed by atoms with E-state index in [-0.39, 0.29) is 38.6 Å². The largest absolute Gasteiger partial charge is 0.458 e. The van der Waals surface area contributed by atoms with Crippen LogP contribution in [0.2, 0.25) is 0 Å². The van der Waals surface area contributed by atoms with Crippen LogP contribution in [0.25, 0.3) is 0 Å². The lowest BCUT2D eigenvalue weighted by Gasteiger charge is -2.53. The maximum absolute atomic E-state index is 13.1. The van der Waals surface area contributed by atoms with Crippen molar-refractivity contribution in [3.05, 3.63) is 48.6 Å². The summed E-state index contributed by atoms with van der Waals surface area (Å²) in [6.07, 6.45) is 0.873. The van der Waals surface area contributed by atoms with Crippen LogP contribution in [-0.4, -0.2) is 65.2 Å². The number of hydrogen-bond donors (Lipinski definition) is 0. The van der Waals surface area contributed by atoms with Crippen LogP contribution in [0, 0.1) is 5.41 Å². The highest BCUT2D eigenvalue weighted by molar-refractivity contribution is 6.04. The van der Waals surface area contributed by atoms with Crippen molar-refractivity contribution in [1.29, 1.82) is 0 Å². The van der Waals surface area contributed by atoms with E-state index < -0.39 is 35.2 Å². The molecule has 198 valence electrons. The van der Waals surface area contributed by atoms with Crippen molar-refractivity contribution in [3.8, 4) is 0 Å². The van der Waals surface area contributed by atoms with Crippen molar-refractivity contribution >= 4 is 23.9 Å². The Balaban J connectivity index is 2.02. The van der Waals surface area contributed by atoms with Gasteiger partial charge in [0.15, 0.2) is 6.23 Å². The standard InChI is InChI=1S/C27H38N2O7/c1-7-16-28(25(33)35-18-20-13-11-10-12-14-20)17-15-21(30)29-23(32)27(8-2,9-3)24(29)34-19-22(31)36-26(4,5)6/h7,10-14,24H,1,8-9,15-19H2,2-6H3. The number of imide groups is 1. The van der Waals surface area contributed by atoms with E-state index in [0.29, 0.717) is 12.8 Å². The Morgan fingerprint density at radius 3 is 2.33 bits per heavy atom. The highest BCUT2D eigenvalue weighted by Gasteiger charge is 2.61. The summed E-state index contributed by atoms with van der Waals surface area (Å²) in [5.74, 6) is -1.40. The molecule has 3 amide bonds. The number of benzene rings is 1. The Kier molecular flexibility index (Phi) is 10.2. The average Bonchev–Trinajstić information content (AvgIpc) is 2.83. The molecule has 0 saturated carbocycles. The smallest absolute Gasteiger partial charge is 0.410 e. The molecule has 1 fully saturated rings. The van der Waals surface area contributed by atoms with Gasteiger partial charge in [-0.2, -0.15) is 0 Å². The first kappa shape index (κ1) is 29.0. The van der Waals surface area contributed by atoms with Gasteiger partial charge in [0.05, 0.1) is 5.41 Å². The topological polar surface area (TPSA) is 102 Å². The number of rotatable bonds is 12. The predicted octanol–water partition coefficient (Wildman–Crippen LogP) is 4.06. The molecule has 9 nitrogen and oxygen atoms in total. The molecule has 2 rings (SSSR count). The minimum atomic E-state index is -0.882. The maximum atomic E-state index is 13.1. The highest BCUT2D eigenvalue weighted by Crippen LogP contribution is 2.46.